The molecule has 0 atom stereocenters. The molecule has 2 rings (SSSR count). The Balaban J connectivity index is 2.85. The molecule has 0 saturated heterocycles. The summed E-state index contributed by atoms with van der Waals surface area (Å²) in [7, 11) is 3.85. The van der Waals surface area contributed by atoms with Crippen LogP contribution < -0.4 is 5.32 Å². The first-order valence-electron chi connectivity index (χ1n) is 4.44. The van der Waals surface area contributed by atoms with Crippen LogP contribution in [0, 0.1) is 6.92 Å². The molecule has 1 N–H and O–H groups in total. The maximum atomic E-state index is 5.96. The van der Waals surface area contributed by atoms with E-state index in [9.17, 15) is 0 Å². The molecule has 74 valence electrons. The molecule has 0 aliphatic carbocycles. The lowest BCUT2D eigenvalue weighted by atomic mass is 10.2. The fraction of sp³-hybridized carbons (Fsp3) is 0.300. The smallest absolute Gasteiger partial charge is 0.203 e. The van der Waals surface area contributed by atoms with Crippen molar-refractivity contribution in [3.05, 3.63) is 22.7 Å². The standard InChI is InChI=1S/C10H12ClN3/c1-6-4-7(11)5-8-9(6)14(3)10(12-2)13-8/h4-5H,1-3H3,(H,12,13). The molecule has 3 nitrogen and oxygen atoms in total. The summed E-state index contributed by atoms with van der Waals surface area (Å²) in [5.41, 5.74) is 3.20. The number of rotatable bonds is 1. The lowest BCUT2D eigenvalue weighted by Crippen LogP contribution is -1.98. The molecule has 0 spiro atoms. The van der Waals surface area contributed by atoms with Gasteiger partial charge in [-0.15, -0.1) is 0 Å². The van der Waals surface area contributed by atoms with Gasteiger partial charge in [-0.3, -0.25) is 0 Å². The second-order valence-electron chi connectivity index (χ2n) is 3.33. The highest BCUT2D eigenvalue weighted by atomic mass is 35.5. The van der Waals surface area contributed by atoms with Gasteiger partial charge in [0.1, 0.15) is 0 Å². The molecule has 0 aliphatic heterocycles. The highest BCUT2D eigenvalue weighted by Crippen LogP contribution is 2.25. The fourth-order valence-corrected chi connectivity index (χ4v) is 2.03. The van der Waals surface area contributed by atoms with Gasteiger partial charge in [0.15, 0.2) is 0 Å². The van der Waals surface area contributed by atoms with Crippen molar-refractivity contribution in [2.45, 2.75) is 6.92 Å². The Morgan fingerprint density at radius 1 is 1.43 bits per heavy atom. The summed E-state index contributed by atoms with van der Waals surface area (Å²) in [4.78, 5) is 4.42. The minimum absolute atomic E-state index is 0.732. The molecular weight excluding hydrogens is 198 g/mol. The van der Waals surface area contributed by atoms with Gasteiger partial charge in [0.25, 0.3) is 0 Å². The Hall–Kier alpha value is -1.22. The van der Waals surface area contributed by atoms with Crippen LogP contribution in [0.5, 0.6) is 0 Å². The van der Waals surface area contributed by atoms with Crippen LogP contribution in [0.25, 0.3) is 11.0 Å². The molecule has 4 heteroatoms. The Bertz CT molecular complexity index is 488. The molecule has 14 heavy (non-hydrogen) atoms. The summed E-state index contributed by atoms with van der Waals surface area (Å²) < 4.78 is 2.03. The summed E-state index contributed by atoms with van der Waals surface area (Å²) in [6.45, 7) is 2.04. The third-order valence-corrected chi connectivity index (χ3v) is 2.57. The first kappa shape index (κ1) is 9.34. The number of hydrogen-bond acceptors (Lipinski definition) is 2. The highest BCUT2D eigenvalue weighted by Gasteiger charge is 2.09. The van der Waals surface area contributed by atoms with Crippen molar-refractivity contribution in [1.29, 1.82) is 0 Å². The van der Waals surface area contributed by atoms with Crippen molar-refractivity contribution in [2.75, 3.05) is 12.4 Å². The number of nitrogens with one attached hydrogen (secondary N) is 1. The van der Waals surface area contributed by atoms with E-state index < -0.39 is 0 Å². The van der Waals surface area contributed by atoms with Gasteiger partial charge in [0.05, 0.1) is 11.0 Å². The maximum Gasteiger partial charge on any atom is 0.203 e. The van der Waals surface area contributed by atoms with E-state index in [1.54, 1.807) is 0 Å². The van der Waals surface area contributed by atoms with Crippen molar-refractivity contribution in [1.82, 2.24) is 9.55 Å². The summed E-state index contributed by atoms with van der Waals surface area (Å²) in [6, 6.07) is 3.83. The maximum absolute atomic E-state index is 5.96. The van der Waals surface area contributed by atoms with Crippen molar-refractivity contribution in [3.8, 4) is 0 Å². The second-order valence-corrected chi connectivity index (χ2v) is 3.77. The van der Waals surface area contributed by atoms with Gasteiger partial charge in [-0.25, -0.2) is 4.98 Å². The summed E-state index contributed by atoms with van der Waals surface area (Å²) in [6.07, 6.45) is 0. The van der Waals surface area contributed by atoms with E-state index in [4.69, 9.17) is 11.6 Å². The average molecular weight is 210 g/mol. The molecule has 1 heterocycles. The zero-order valence-corrected chi connectivity index (χ0v) is 9.18. The number of anilines is 1. The number of nitrogens with zero attached hydrogens (tertiary/aromatic N) is 2. The molecule has 0 radical (unpaired) electrons. The van der Waals surface area contributed by atoms with Crippen molar-refractivity contribution < 1.29 is 0 Å². The van der Waals surface area contributed by atoms with E-state index in [0.717, 1.165) is 27.6 Å². The molecule has 0 unspecified atom stereocenters. The summed E-state index contributed by atoms with van der Waals surface area (Å²) in [5.74, 6) is 0.852. The summed E-state index contributed by atoms with van der Waals surface area (Å²) >= 11 is 5.96. The van der Waals surface area contributed by atoms with Crippen LogP contribution in [0.4, 0.5) is 5.95 Å². The minimum atomic E-state index is 0.732. The van der Waals surface area contributed by atoms with Crippen LogP contribution >= 0.6 is 11.6 Å². The van der Waals surface area contributed by atoms with E-state index in [0.29, 0.717) is 0 Å². The third-order valence-electron chi connectivity index (χ3n) is 2.35. The Kier molecular flexibility index (Phi) is 2.11. The highest BCUT2D eigenvalue weighted by molar-refractivity contribution is 6.31. The SMILES string of the molecule is CNc1nc2cc(Cl)cc(C)c2n1C. The Labute approximate surface area is 87.7 Å². The number of benzene rings is 1. The van der Waals surface area contributed by atoms with Gasteiger partial charge in [0, 0.05) is 19.1 Å². The largest absolute Gasteiger partial charge is 0.359 e. The lowest BCUT2D eigenvalue weighted by Gasteiger charge is -2.02. The van der Waals surface area contributed by atoms with Crippen molar-refractivity contribution >= 4 is 28.6 Å². The molecule has 0 fully saturated rings. The van der Waals surface area contributed by atoms with E-state index in [1.807, 2.05) is 37.7 Å². The fourth-order valence-electron chi connectivity index (χ4n) is 1.76. The first-order chi connectivity index (χ1) is 6.63. The van der Waals surface area contributed by atoms with Crippen LogP contribution in [0.1, 0.15) is 5.56 Å². The minimum Gasteiger partial charge on any atom is -0.359 e. The van der Waals surface area contributed by atoms with Gasteiger partial charge in [-0.2, -0.15) is 0 Å². The van der Waals surface area contributed by atoms with Crippen molar-refractivity contribution in [2.24, 2.45) is 7.05 Å². The number of fused-ring (bicyclic) bond motifs is 1. The number of hydrogen-bond donors (Lipinski definition) is 1. The van der Waals surface area contributed by atoms with Crippen LogP contribution in [0.2, 0.25) is 5.02 Å². The predicted octanol–water partition coefficient (Wildman–Crippen LogP) is 2.58. The molecule has 1 aromatic carbocycles. The Morgan fingerprint density at radius 3 is 2.79 bits per heavy atom. The van der Waals surface area contributed by atoms with Gasteiger partial charge in [-0.1, -0.05) is 11.6 Å². The number of aromatic nitrogens is 2. The van der Waals surface area contributed by atoms with E-state index in [2.05, 4.69) is 10.3 Å². The molecule has 1 aromatic heterocycles. The summed E-state index contributed by atoms with van der Waals surface area (Å²) in [5, 5.41) is 3.77. The zero-order chi connectivity index (χ0) is 10.3. The quantitative estimate of drug-likeness (QED) is 0.783. The molecule has 0 saturated carbocycles. The molecule has 2 aromatic rings. The number of imidazole rings is 1. The van der Waals surface area contributed by atoms with E-state index in [1.165, 1.54) is 0 Å². The van der Waals surface area contributed by atoms with E-state index in [-0.39, 0.29) is 0 Å². The van der Waals surface area contributed by atoms with Crippen LogP contribution in [-0.2, 0) is 7.05 Å². The number of aryl methyl sites for hydroxylation is 2. The topological polar surface area (TPSA) is 29.9 Å². The monoisotopic (exact) mass is 209 g/mol. The van der Waals surface area contributed by atoms with Gasteiger partial charge in [0.2, 0.25) is 5.95 Å². The van der Waals surface area contributed by atoms with Gasteiger partial charge >= 0.3 is 0 Å². The van der Waals surface area contributed by atoms with Crippen LogP contribution in [-0.4, -0.2) is 16.6 Å². The zero-order valence-electron chi connectivity index (χ0n) is 8.43. The van der Waals surface area contributed by atoms with Gasteiger partial charge in [-0.05, 0) is 24.6 Å². The van der Waals surface area contributed by atoms with Crippen LogP contribution in [0.3, 0.4) is 0 Å². The third kappa shape index (κ3) is 1.24. The number of halogens is 1. The molecule has 0 amide bonds. The predicted molar refractivity (Wildman–Crippen MR) is 60.0 cm³/mol. The molecular formula is C10H12ClN3. The average Bonchev–Trinajstić information content (AvgIpc) is 2.42. The first-order valence-corrected chi connectivity index (χ1v) is 4.81. The van der Waals surface area contributed by atoms with E-state index >= 15 is 0 Å². The van der Waals surface area contributed by atoms with Crippen LogP contribution in [0.15, 0.2) is 12.1 Å². The van der Waals surface area contributed by atoms with Crippen molar-refractivity contribution in [3.63, 3.8) is 0 Å². The second kappa shape index (κ2) is 3.17. The molecule has 0 aliphatic rings. The Morgan fingerprint density at radius 2 is 2.14 bits per heavy atom. The van der Waals surface area contributed by atoms with Gasteiger partial charge < -0.3 is 9.88 Å². The lowest BCUT2D eigenvalue weighted by molar-refractivity contribution is 0.949. The normalized spacial score (nSPS) is 10.9. The molecule has 0 bridgehead atoms.